The number of rotatable bonds is 14. The van der Waals surface area contributed by atoms with Crippen LogP contribution in [-0.2, 0) is 32.6 Å². The number of carbonyl (C=O) groups is 2. The van der Waals surface area contributed by atoms with Crippen LogP contribution in [0, 0.1) is 35.0 Å². The van der Waals surface area contributed by atoms with Gasteiger partial charge in [-0.05, 0) is 109 Å². The van der Waals surface area contributed by atoms with Crippen LogP contribution < -0.4 is 21.0 Å². The Labute approximate surface area is 372 Å². The van der Waals surface area contributed by atoms with Gasteiger partial charge in [0.1, 0.15) is 12.2 Å². The van der Waals surface area contributed by atoms with Gasteiger partial charge in [-0.3, -0.25) is 14.2 Å². The zero-order chi connectivity index (χ0) is 44.3. The Bertz CT molecular complexity index is 2060. The van der Waals surface area contributed by atoms with Crippen molar-refractivity contribution in [2.45, 2.75) is 136 Å². The van der Waals surface area contributed by atoms with Gasteiger partial charge in [0.2, 0.25) is 0 Å². The Kier molecular flexibility index (Phi) is 14.2. The molecule has 62 heavy (non-hydrogen) atoms. The second-order valence-electron chi connectivity index (χ2n) is 20.2. The normalized spacial score (nSPS) is 27.2. The van der Waals surface area contributed by atoms with E-state index >= 15 is 4.57 Å². The summed E-state index contributed by atoms with van der Waals surface area (Å²) in [6.45, 7) is 17.3. The van der Waals surface area contributed by atoms with E-state index in [1.54, 1.807) is 0 Å². The standard InChI is InChI=1S/C53H69O7PSi/c1-9-53(7,8)51(55)58-47-34-38(3)50(59-61(56,41-22-14-10-15-23-41)42-24-16-11-17-25-42)46-32-30-37(2)45(49(46)47)33-31-39-35-40(36-48(54)57-39)60-62(52(4,5)6,43-26-18-12-19-27-43)44-28-20-13-21-29-44/h10-29,37-40,45-47,49-50H,9,30-36H2,1-8H3/t37-,38+,39+,40+,45-,46+,47-,49+,50+/m0/s1. The molecule has 2 aliphatic carbocycles. The van der Waals surface area contributed by atoms with Crippen LogP contribution >= 0.6 is 7.37 Å². The number of benzene rings is 4. The summed E-state index contributed by atoms with van der Waals surface area (Å²) in [5, 5.41) is 3.52. The van der Waals surface area contributed by atoms with E-state index in [9.17, 15) is 9.59 Å². The minimum atomic E-state index is -3.51. The fraction of sp³-hybridized carbons (Fsp3) is 0.509. The maximum absolute atomic E-state index is 15.5. The zero-order valence-corrected chi connectivity index (χ0v) is 40.1. The highest BCUT2D eigenvalue weighted by Crippen LogP contribution is 2.57. The van der Waals surface area contributed by atoms with Gasteiger partial charge in [0.25, 0.3) is 15.7 Å². The lowest BCUT2D eigenvalue weighted by Gasteiger charge is -2.53. The molecule has 0 radical (unpaired) electrons. The molecule has 2 saturated carbocycles. The summed E-state index contributed by atoms with van der Waals surface area (Å²) in [4.78, 5) is 27.5. The lowest BCUT2D eigenvalue weighted by molar-refractivity contribution is -0.181. The molecule has 9 atom stereocenters. The predicted octanol–water partition coefficient (Wildman–Crippen LogP) is 10.4. The van der Waals surface area contributed by atoms with Crippen molar-refractivity contribution >= 4 is 48.6 Å². The third-order valence-electron chi connectivity index (χ3n) is 14.6. The first-order valence-corrected chi connectivity index (χ1v) is 26.7. The average Bonchev–Trinajstić information content (AvgIpc) is 3.27. The molecule has 0 bridgehead atoms. The second-order valence-corrected chi connectivity index (χ2v) is 26.8. The summed E-state index contributed by atoms with van der Waals surface area (Å²) in [7, 11) is -6.41. The van der Waals surface area contributed by atoms with Gasteiger partial charge in [0, 0.05) is 22.9 Å². The monoisotopic (exact) mass is 876 g/mol. The lowest BCUT2D eigenvalue weighted by atomic mass is 9.57. The maximum atomic E-state index is 15.5. The van der Waals surface area contributed by atoms with Gasteiger partial charge in [-0.2, -0.15) is 0 Å². The van der Waals surface area contributed by atoms with Gasteiger partial charge >= 0.3 is 11.9 Å². The molecule has 7 rings (SSSR count). The lowest BCUT2D eigenvalue weighted by Crippen LogP contribution is -2.68. The van der Waals surface area contributed by atoms with Crippen molar-refractivity contribution in [1.82, 2.24) is 0 Å². The van der Waals surface area contributed by atoms with Crippen LogP contribution in [0.5, 0.6) is 0 Å². The first-order valence-electron chi connectivity index (χ1n) is 23.2. The molecule has 3 fully saturated rings. The Morgan fingerprint density at radius 2 is 1.27 bits per heavy atom. The van der Waals surface area contributed by atoms with Crippen molar-refractivity contribution < 1.29 is 32.6 Å². The molecule has 0 spiro atoms. The highest BCUT2D eigenvalue weighted by molar-refractivity contribution is 7.74. The summed E-state index contributed by atoms with van der Waals surface area (Å²) >= 11 is 0. The van der Waals surface area contributed by atoms with Crippen molar-refractivity contribution in [3.05, 3.63) is 121 Å². The second kappa shape index (κ2) is 19.1. The molecule has 1 heterocycles. The van der Waals surface area contributed by atoms with E-state index in [0.717, 1.165) is 19.3 Å². The van der Waals surface area contributed by atoms with Crippen LogP contribution in [0.3, 0.4) is 0 Å². The predicted molar refractivity (Wildman–Crippen MR) is 252 cm³/mol. The molecule has 3 aliphatic rings. The molecule has 0 N–H and O–H groups in total. The van der Waals surface area contributed by atoms with Crippen molar-refractivity contribution in [3.63, 3.8) is 0 Å². The summed E-state index contributed by atoms with van der Waals surface area (Å²) < 4.78 is 43.0. The minimum absolute atomic E-state index is 0.00715. The van der Waals surface area contributed by atoms with E-state index < -0.39 is 21.1 Å². The van der Waals surface area contributed by atoms with E-state index in [4.69, 9.17) is 18.4 Å². The van der Waals surface area contributed by atoms with Crippen LogP contribution in [0.4, 0.5) is 0 Å². The van der Waals surface area contributed by atoms with Crippen LogP contribution in [0.15, 0.2) is 121 Å². The van der Waals surface area contributed by atoms with Crippen LogP contribution in [-0.4, -0.2) is 44.7 Å². The zero-order valence-electron chi connectivity index (χ0n) is 38.2. The number of hydrogen-bond donors (Lipinski definition) is 0. The van der Waals surface area contributed by atoms with Crippen LogP contribution in [0.25, 0.3) is 0 Å². The van der Waals surface area contributed by atoms with E-state index in [0.29, 0.717) is 42.2 Å². The van der Waals surface area contributed by atoms with Gasteiger partial charge in [-0.25, -0.2) is 0 Å². The van der Waals surface area contributed by atoms with Crippen molar-refractivity contribution in [3.8, 4) is 0 Å². The summed E-state index contributed by atoms with van der Waals surface area (Å²) in [6.07, 6.45) is 4.25. The molecule has 7 nitrogen and oxygen atoms in total. The average molecular weight is 877 g/mol. The van der Waals surface area contributed by atoms with Gasteiger partial charge in [0.05, 0.1) is 24.0 Å². The Balaban J connectivity index is 1.18. The molecular weight excluding hydrogens is 808 g/mol. The molecular formula is C53H69O7PSi. The Morgan fingerprint density at radius 3 is 1.79 bits per heavy atom. The van der Waals surface area contributed by atoms with Gasteiger partial charge in [-0.15, -0.1) is 0 Å². The van der Waals surface area contributed by atoms with Crippen LogP contribution in [0.1, 0.15) is 107 Å². The SMILES string of the molecule is CCC(C)(C)C(=O)O[C@H]1C[C@@H](C)[C@@H](OP(=O)(c2ccccc2)c2ccccc2)[C@@H]2CC[C@H](C)[C@H](CC[C@@H]3C[C@@H](O[Si](c4ccccc4)(c4ccccc4)C(C)(C)C)CC(=O)O3)[C@H]21. The summed E-state index contributed by atoms with van der Waals surface area (Å²) in [6, 6.07) is 40.4. The number of cyclic esters (lactones) is 1. The van der Waals surface area contributed by atoms with Crippen molar-refractivity contribution in [2.75, 3.05) is 0 Å². The van der Waals surface area contributed by atoms with E-state index in [1.165, 1.54) is 10.4 Å². The molecule has 1 saturated heterocycles. The third-order valence-corrected chi connectivity index (χ3v) is 22.2. The number of hydrogen-bond acceptors (Lipinski definition) is 7. The van der Waals surface area contributed by atoms with Crippen LogP contribution in [0.2, 0.25) is 5.04 Å². The highest BCUT2D eigenvalue weighted by atomic mass is 31.2. The van der Waals surface area contributed by atoms with E-state index in [1.807, 2.05) is 93.6 Å². The fourth-order valence-corrected chi connectivity index (χ4v) is 18.0. The van der Waals surface area contributed by atoms with E-state index in [-0.39, 0.29) is 71.5 Å². The minimum Gasteiger partial charge on any atom is -0.462 e. The fourth-order valence-electron chi connectivity index (χ4n) is 10.9. The molecule has 0 unspecified atom stereocenters. The topological polar surface area (TPSA) is 88.1 Å². The molecule has 4 aromatic rings. The quantitative estimate of drug-likeness (QED) is 0.0708. The molecule has 0 aromatic heterocycles. The van der Waals surface area contributed by atoms with Crippen molar-refractivity contribution in [1.29, 1.82) is 0 Å². The molecule has 9 heteroatoms. The number of fused-ring (bicyclic) bond motifs is 1. The maximum Gasteiger partial charge on any atom is 0.311 e. The largest absolute Gasteiger partial charge is 0.462 e. The first kappa shape index (κ1) is 46.2. The third kappa shape index (κ3) is 9.50. The van der Waals surface area contributed by atoms with E-state index in [2.05, 4.69) is 83.1 Å². The smallest absolute Gasteiger partial charge is 0.311 e. The Morgan fingerprint density at radius 1 is 0.742 bits per heavy atom. The number of ether oxygens (including phenoxy) is 2. The summed E-state index contributed by atoms with van der Waals surface area (Å²) in [5.41, 5.74) is -0.616. The molecule has 332 valence electrons. The van der Waals surface area contributed by atoms with Gasteiger partial charge in [-0.1, -0.05) is 145 Å². The molecule has 4 aromatic carbocycles. The molecule has 0 amide bonds. The number of carbonyl (C=O) groups excluding carboxylic acids is 2. The number of esters is 2. The van der Waals surface area contributed by atoms with Gasteiger partial charge in [0.15, 0.2) is 0 Å². The highest BCUT2D eigenvalue weighted by Gasteiger charge is 2.55. The first-order chi connectivity index (χ1) is 29.6. The Hall–Kier alpha value is -3.81. The summed E-state index contributed by atoms with van der Waals surface area (Å²) in [5.74, 6) is 0.111. The molecule has 1 aliphatic heterocycles. The van der Waals surface area contributed by atoms with Crippen molar-refractivity contribution in [2.24, 2.45) is 35.0 Å². The van der Waals surface area contributed by atoms with Gasteiger partial charge < -0.3 is 18.4 Å².